The van der Waals surface area contributed by atoms with E-state index in [0.29, 0.717) is 24.3 Å². The van der Waals surface area contributed by atoms with E-state index in [1.807, 2.05) is 12.1 Å². The molecule has 2 rings (SSSR count). The van der Waals surface area contributed by atoms with Crippen LogP contribution in [0.25, 0.3) is 0 Å². The monoisotopic (exact) mass is 283 g/mol. The van der Waals surface area contributed by atoms with E-state index in [1.165, 1.54) is 0 Å². The lowest BCUT2D eigenvalue weighted by atomic mass is 10.0. The standard InChI is InChI=1S/C13H18ClN3O2/c14-13-12(2-1-5-15-13)16-11-3-6-17(7-4-11)8-9-19-10-18/h1-2,5,10-11,16H,3-4,6-9H2. The van der Waals surface area contributed by atoms with E-state index >= 15 is 0 Å². The lowest BCUT2D eigenvalue weighted by Gasteiger charge is -2.32. The molecule has 0 unspecified atom stereocenters. The molecule has 19 heavy (non-hydrogen) atoms. The van der Waals surface area contributed by atoms with Gasteiger partial charge in [-0.05, 0) is 25.0 Å². The number of nitrogens with zero attached hydrogens (tertiary/aromatic N) is 2. The number of carbonyl (C=O) groups excluding carboxylic acids is 1. The number of halogens is 1. The van der Waals surface area contributed by atoms with E-state index in [0.717, 1.165) is 38.2 Å². The van der Waals surface area contributed by atoms with Crippen LogP contribution in [-0.4, -0.2) is 48.6 Å². The van der Waals surface area contributed by atoms with Gasteiger partial charge in [-0.2, -0.15) is 0 Å². The maximum Gasteiger partial charge on any atom is 0.293 e. The van der Waals surface area contributed by atoms with Gasteiger partial charge in [0.2, 0.25) is 0 Å². The highest BCUT2D eigenvalue weighted by molar-refractivity contribution is 6.31. The second-order valence-corrected chi connectivity index (χ2v) is 4.93. The molecule has 0 saturated carbocycles. The third-order valence-corrected chi connectivity index (χ3v) is 3.60. The second-order valence-electron chi connectivity index (χ2n) is 4.57. The number of nitrogens with one attached hydrogen (secondary N) is 1. The second kappa shape index (κ2) is 7.31. The van der Waals surface area contributed by atoms with Gasteiger partial charge in [0.05, 0.1) is 5.69 Å². The van der Waals surface area contributed by atoms with Gasteiger partial charge in [-0.3, -0.25) is 9.69 Å². The number of hydrogen-bond acceptors (Lipinski definition) is 5. The van der Waals surface area contributed by atoms with Crippen molar-refractivity contribution >= 4 is 23.8 Å². The number of piperidine rings is 1. The summed E-state index contributed by atoms with van der Waals surface area (Å²) in [6.07, 6.45) is 3.78. The van der Waals surface area contributed by atoms with Crippen LogP contribution in [-0.2, 0) is 9.53 Å². The molecule has 1 aliphatic heterocycles. The Morgan fingerprint density at radius 2 is 2.32 bits per heavy atom. The molecule has 1 saturated heterocycles. The third-order valence-electron chi connectivity index (χ3n) is 3.30. The average molecular weight is 284 g/mol. The first-order valence-electron chi connectivity index (χ1n) is 6.44. The Morgan fingerprint density at radius 3 is 3.00 bits per heavy atom. The predicted octanol–water partition coefficient (Wildman–Crippen LogP) is 1.78. The Labute approximate surface area is 117 Å². The molecule has 0 atom stereocenters. The van der Waals surface area contributed by atoms with Crippen LogP contribution in [0.1, 0.15) is 12.8 Å². The fourth-order valence-electron chi connectivity index (χ4n) is 2.24. The summed E-state index contributed by atoms with van der Waals surface area (Å²) < 4.78 is 4.71. The molecule has 6 heteroatoms. The van der Waals surface area contributed by atoms with Crippen molar-refractivity contribution in [3.8, 4) is 0 Å². The van der Waals surface area contributed by atoms with E-state index in [1.54, 1.807) is 6.20 Å². The number of rotatable bonds is 6. The molecule has 0 aliphatic carbocycles. The summed E-state index contributed by atoms with van der Waals surface area (Å²) in [5, 5.41) is 3.95. The van der Waals surface area contributed by atoms with Crippen molar-refractivity contribution in [1.29, 1.82) is 0 Å². The zero-order chi connectivity index (χ0) is 13.5. The van der Waals surface area contributed by atoms with Crippen molar-refractivity contribution in [2.75, 3.05) is 31.6 Å². The summed E-state index contributed by atoms with van der Waals surface area (Å²) in [5.74, 6) is 0. The van der Waals surface area contributed by atoms with E-state index < -0.39 is 0 Å². The maximum atomic E-state index is 10.1. The van der Waals surface area contributed by atoms with E-state index in [2.05, 4.69) is 15.2 Å². The average Bonchev–Trinajstić information content (AvgIpc) is 2.44. The topological polar surface area (TPSA) is 54.5 Å². The Hall–Kier alpha value is -1.33. The Bertz CT molecular complexity index is 409. The zero-order valence-electron chi connectivity index (χ0n) is 10.7. The van der Waals surface area contributed by atoms with Crippen molar-refractivity contribution in [3.63, 3.8) is 0 Å². The highest BCUT2D eigenvalue weighted by atomic mass is 35.5. The molecule has 1 N–H and O–H groups in total. The third kappa shape index (κ3) is 4.36. The first kappa shape index (κ1) is 14.1. The summed E-state index contributed by atoms with van der Waals surface area (Å²) in [6, 6.07) is 4.24. The Morgan fingerprint density at radius 1 is 1.53 bits per heavy atom. The molecule has 0 bridgehead atoms. The van der Waals surface area contributed by atoms with Gasteiger partial charge >= 0.3 is 0 Å². The van der Waals surface area contributed by atoms with Crippen LogP contribution >= 0.6 is 11.6 Å². The number of hydrogen-bond donors (Lipinski definition) is 1. The van der Waals surface area contributed by atoms with E-state index in [9.17, 15) is 4.79 Å². The highest BCUT2D eigenvalue weighted by Gasteiger charge is 2.19. The highest BCUT2D eigenvalue weighted by Crippen LogP contribution is 2.21. The molecule has 2 heterocycles. The smallest absolute Gasteiger partial charge is 0.293 e. The van der Waals surface area contributed by atoms with E-state index in [4.69, 9.17) is 16.3 Å². The molecular formula is C13H18ClN3O2. The lowest BCUT2D eigenvalue weighted by molar-refractivity contribution is -0.129. The van der Waals surface area contributed by atoms with Gasteiger partial charge in [0.1, 0.15) is 6.61 Å². The fourth-order valence-corrected chi connectivity index (χ4v) is 2.42. The van der Waals surface area contributed by atoms with Crippen molar-refractivity contribution < 1.29 is 9.53 Å². The normalized spacial score (nSPS) is 17.1. The molecule has 104 valence electrons. The number of likely N-dealkylation sites (tertiary alicyclic amines) is 1. The molecule has 1 fully saturated rings. The number of carbonyl (C=O) groups is 1. The molecule has 0 radical (unpaired) electrons. The number of aromatic nitrogens is 1. The summed E-state index contributed by atoms with van der Waals surface area (Å²) in [4.78, 5) is 16.4. The van der Waals surface area contributed by atoms with Crippen LogP contribution in [0.5, 0.6) is 0 Å². The summed E-state index contributed by atoms with van der Waals surface area (Å²) >= 11 is 6.02. The molecule has 1 aliphatic rings. The van der Waals surface area contributed by atoms with Crippen molar-refractivity contribution in [3.05, 3.63) is 23.5 Å². The van der Waals surface area contributed by atoms with Crippen LogP contribution in [0, 0.1) is 0 Å². The van der Waals surface area contributed by atoms with Crippen LogP contribution in [0.4, 0.5) is 5.69 Å². The van der Waals surface area contributed by atoms with Crippen LogP contribution in [0.15, 0.2) is 18.3 Å². The number of anilines is 1. The summed E-state index contributed by atoms with van der Waals surface area (Å²) in [7, 11) is 0. The Balaban J connectivity index is 1.74. The number of pyridine rings is 1. The first-order valence-corrected chi connectivity index (χ1v) is 6.82. The minimum absolute atomic E-state index is 0.421. The number of ether oxygens (including phenoxy) is 1. The minimum Gasteiger partial charge on any atom is -0.467 e. The fraction of sp³-hybridized carbons (Fsp3) is 0.538. The SMILES string of the molecule is O=COCCN1CCC(Nc2cccnc2Cl)CC1. The van der Waals surface area contributed by atoms with Gasteiger partial charge in [0.15, 0.2) is 5.15 Å². The molecule has 0 spiro atoms. The molecule has 1 aromatic rings. The maximum absolute atomic E-state index is 10.1. The predicted molar refractivity (Wildman–Crippen MR) is 74.3 cm³/mol. The van der Waals surface area contributed by atoms with Gasteiger partial charge in [0, 0.05) is 31.9 Å². The van der Waals surface area contributed by atoms with Crippen LogP contribution < -0.4 is 5.32 Å². The van der Waals surface area contributed by atoms with Crippen molar-refractivity contribution in [1.82, 2.24) is 9.88 Å². The van der Waals surface area contributed by atoms with Crippen molar-refractivity contribution in [2.24, 2.45) is 0 Å². The largest absolute Gasteiger partial charge is 0.467 e. The van der Waals surface area contributed by atoms with Crippen LogP contribution in [0.3, 0.4) is 0 Å². The van der Waals surface area contributed by atoms with Crippen LogP contribution in [0.2, 0.25) is 5.15 Å². The molecule has 5 nitrogen and oxygen atoms in total. The molecule has 1 aromatic heterocycles. The first-order chi connectivity index (χ1) is 9.29. The van der Waals surface area contributed by atoms with Gasteiger partial charge in [-0.25, -0.2) is 4.98 Å². The summed E-state index contributed by atoms with van der Waals surface area (Å²) in [6.45, 7) is 3.77. The molecule has 0 aromatic carbocycles. The zero-order valence-corrected chi connectivity index (χ0v) is 11.5. The molecular weight excluding hydrogens is 266 g/mol. The lowest BCUT2D eigenvalue weighted by Crippen LogP contribution is -2.40. The summed E-state index contributed by atoms with van der Waals surface area (Å²) in [5.41, 5.74) is 0.895. The molecule has 0 amide bonds. The van der Waals surface area contributed by atoms with Crippen molar-refractivity contribution in [2.45, 2.75) is 18.9 Å². The minimum atomic E-state index is 0.421. The van der Waals surface area contributed by atoms with Gasteiger partial charge < -0.3 is 10.1 Å². The van der Waals surface area contributed by atoms with E-state index in [-0.39, 0.29) is 0 Å². The van der Waals surface area contributed by atoms with Gasteiger partial charge in [0.25, 0.3) is 6.47 Å². The Kier molecular flexibility index (Phi) is 5.42. The van der Waals surface area contributed by atoms with Gasteiger partial charge in [-0.15, -0.1) is 0 Å². The van der Waals surface area contributed by atoms with Gasteiger partial charge in [-0.1, -0.05) is 11.6 Å². The quantitative estimate of drug-likeness (QED) is 0.490.